The van der Waals surface area contributed by atoms with Gasteiger partial charge >= 0.3 is 0 Å². The van der Waals surface area contributed by atoms with Gasteiger partial charge in [0.2, 0.25) is 5.91 Å². The first-order valence-electron chi connectivity index (χ1n) is 5.08. The molecule has 0 aliphatic heterocycles. The molecule has 0 spiro atoms. The molecular weight excluding hydrogens is 150 g/mol. The van der Waals surface area contributed by atoms with E-state index in [2.05, 4.69) is 12.2 Å². The maximum Gasteiger partial charge on any atom is 0.223 e. The van der Waals surface area contributed by atoms with Crippen molar-refractivity contribution in [3.8, 4) is 0 Å². The molecule has 1 amide bonds. The van der Waals surface area contributed by atoms with Gasteiger partial charge < -0.3 is 5.32 Å². The molecule has 0 radical (unpaired) electrons. The second-order valence-electron chi connectivity index (χ2n) is 4.31. The Labute approximate surface area is 73.7 Å². The third-order valence-corrected chi connectivity index (χ3v) is 3.15. The molecule has 12 heavy (non-hydrogen) atoms. The number of hydrogen-bond acceptors (Lipinski definition) is 1. The Morgan fingerprint density at radius 2 is 1.92 bits per heavy atom. The van der Waals surface area contributed by atoms with Crippen molar-refractivity contribution in [2.24, 2.45) is 11.8 Å². The zero-order valence-corrected chi connectivity index (χ0v) is 7.68. The first kappa shape index (κ1) is 8.09. The second-order valence-corrected chi connectivity index (χ2v) is 4.31. The Morgan fingerprint density at radius 1 is 1.33 bits per heavy atom. The average molecular weight is 167 g/mol. The molecule has 1 N–H and O–H groups in total. The van der Waals surface area contributed by atoms with Crippen molar-refractivity contribution in [2.75, 3.05) is 0 Å². The van der Waals surface area contributed by atoms with Gasteiger partial charge in [-0.25, -0.2) is 0 Å². The molecule has 2 aliphatic rings. The molecule has 68 valence electrons. The first-order chi connectivity index (χ1) is 5.77. The van der Waals surface area contributed by atoms with E-state index in [9.17, 15) is 4.79 Å². The largest absolute Gasteiger partial charge is 0.353 e. The van der Waals surface area contributed by atoms with Gasteiger partial charge in [-0.3, -0.25) is 4.79 Å². The van der Waals surface area contributed by atoms with Gasteiger partial charge in [0.1, 0.15) is 0 Å². The van der Waals surface area contributed by atoms with E-state index in [1.165, 1.54) is 25.7 Å². The van der Waals surface area contributed by atoms with E-state index in [0.717, 1.165) is 6.42 Å². The van der Waals surface area contributed by atoms with Crippen LogP contribution in [-0.4, -0.2) is 11.9 Å². The van der Waals surface area contributed by atoms with Crippen LogP contribution in [0.3, 0.4) is 0 Å². The minimum absolute atomic E-state index is 0.314. The second kappa shape index (κ2) is 3.08. The summed E-state index contributed by atoms with van der Waals surface area (Å²) in [5, 5.41) is 3.13. The predicted octanol–water partition coefficient (Wildman–Crippen LogP) is 1.70. The molecule has 2 atom stereocenters. The van der Waals surface area contributed by atoms with E-state index in [4.69, 9.17) is 0 Å². The Hall–Kier alpha value is -0.530. The number of amides is 1. The van der Waals surface area contributed by atoms with Crippen LogP contribution in [0.4, 0.5) is 0 Å². The molecule has 2 aliphatic carbocycles. The van der Waals surface area contributed by atoms with Gasteiger partial charge in [-0.15, -0.1) is 0 Å². The van der Waals surface area contributed by atoms with E-state index < -0.39 is 0 Å². The van der Waals surface area contributed by atoms with Crippen LogP contribution in [0.15, 0.2) is 0 Å². The molecule has 2 heteroatoms. The summed E-state index contributed by atoms with van der Waals surface area (Å²) in [6.07, 6.45) is 6.11. The summed E-state index contributed by atoms with van der Waals surface area (Å²) in [5.41, 5.74) is 0. The molecule has 0 bridgehead atoms. The zero-order valence-electron chi connectivity index (χ0n) is 7.68. The first-order valence-corrected chi connectivity index (χ1v) is 5.08. The van der Waals surface area contributed by atoms with Gasteiger partial charge in [-0.05, 0) is 25.2 Å². The van der Waals surface area contributed by atoms with Gasteiger partial charge in [-0.2, -0.15) is 0 Å². The molecule has 0 saturated heterocycles. The molecular formula is C10H17NO. The highest BCUT2D eigenvalue weighted by atomic mass is 16.2. The van der Waals surface area contributed by atoms with Gasteiger partial charge in [0, 0.05) is 12.0 Å². The van der Waals surface area contributed by atoms with Crippen LogP contribution in [0.25, 0.3) is 0 Å². The lowest BCUT2D eigenvalue weighted by Gasteiger charge is -2.10. The lowest BCUT2D eigenvalue weighted by Crippen LogP contribution is -2.33. The minimum atomic E-state index is 0.314. The quantitative estimate of drug-likeness (QED) is 0.666. The van der Waals surface area contributed by atoms with E-state index in [0.29, 0.717) is 23.8 Å². The fraction of sp³-hybridized carbons (Fsp3) is 0.900. The molecule has 2 saturated carbocycles. The fourth-order valence-electron chi connectivity index (χ4n) is 2.07. The van der Waals surface area contributed by atoms with Crippen LogP contribution in [0.2, 0.25) is 0 Å². The topological polar surface area (TPSA) is 29.1 Å². The van der Waals surface area contributed by atoms with Crippen molar-refractivity contribution < 1.29 is 4.79 Å². The number of hydrogen-bond donors (Lipinski definition) is 1. The number of rotatable bonds is 2. The Balaban J connectivity index is 1.75. The highest BCUT2D eigenvalue weighted by Crippen LogP contribution is 2.38. The number of carbonyl (C=O) groups excluding carboxylic acids is 1. The summed E-state index contributed by atoms with van der Waals surface area (Å²) in [7, 11) is 0. The zero-order chi connectivity index (χ0) is 8.55. The van der Waals surface area contributed by atoms with Crippen LogP contribution >= 0.6 is 0 Å². The molecule has 0 aromatic rings. The van der Waals surface area contributed by atoms with Crippen LogP contribution in [0.1, 0.15) is 39.0 Å². The summed E-state index contributed by atoms with van der Waals surface area (Å²) in [6.45, 7) is 2.15. The minimum Gasteiger partial charge on any atom is -0.353 e. The molecule has 0 aromatic carbocycles. The summed E-state index contributed by atoms with van der Waals surface area (Å²) in [5.74, 6) is 1.31. The molecule has 2 nitrogen and oxygen atoms in total. The molecule has 2 fully saturated rings. The van der Waals surface area contributed by atoms with E-state index in [1.54, 1.807) is 0 Å². The predicted molar refractivity (Wildman–Crippen MR) is 47.7 cm³/mol. The van der Waals surface area contributed by atoms with Crippen molar-refractivity contribution in [2.45, 2.75) is 45.1 Å². The van der Waals surface area contributed by atoms with Crippen LogP contribution in [-0.2, 0) is 4.79 Å². The number of carbonyl (C=O) groups is 1. The van der Waals surface area contributed by atoms with E-state index in [-0.39, 0.29) is 0 Å². The standard InChI is InChI=1S/C10H17NO/c1-7-6-9(7)10(12)11-8-4-2-3-5-8/h7-9H,2-6H2,1H3,(H,11,12)/t7-,9-/m1/s1. The van der Waals surface area contributed by atoms with E-state index >= 15 is 0 Å². The van der Waals surface area contributed by atoms with Gasteiger partial charge in [0.25, 0.3) is 0 Å². The molecule has 2 rings (SSSR count). The summed E-state index contributed by atoms with van der Waals surface area (Å²) in [6, 6.07) is 0.505. The summed E-state index contributed by atoms with van der Waals surface area (Å²) in [4.78, 5) is 11.5. The fourth-order valence-corrected chi connectivity index (χ4v) is 2.07. The normalized spacial score (nSPS) is 35.1. The third kappa shape index (κ3) is 1.62. The Bertz CT molecular complexity index is 184. The molecule has 0 unspecified atom stereocenters. The monoisotopic (exact) mass is 167 g/mol. The van der Waals surface area contributed by atoms with Crippen molar-refractivity contribution in [1.29, 1.82) is 0 Å². The molecule has 0 aromatic heterocycles. The third-order valence-electron chi connectivity index (χ3n) is 3.15. The maximum absolute atomic E-state index is 11.5. The Kier molecular flexibility index (Phi) is 2.07. The van der Waals surface area contributed by atoms with Crippen molar-refractivity contribution in [3.63, 3.8) is 0 Å². The van der Waals surface area contributed by atoms with Crippen molar-refractivity contribution in [1.82, 2.24) is 5.32 Å². The highest BCUT2D eigenvalue weighted by molar-refractivity contribution is 5.81. The summed E-state index contributed by atoms with van der Waals surface area (Å²) >= 11 is 0. The van der Waals surface area contributed by atoms with Gasteiger partial charge in [0.05, 0.1) is 0 Å². The van der Waals surface area contributed by atoms with Crippen LogP contribution < -0.4 is 5.32 Å². The van der Waals surface area contributed by atoms with Crippen LogP contribution in [0.5, 0.6) is 0 Å². The number of nitrogens with one attached hydrogen (secondary N) is 1. The van der Waals surface area contributed by atoms with Crippen molar-refractivity contribution in [3.05, 3.63) is 0 Å². The van der Waals surface area contributed by atoms with Gasteiger partial charge in [-0.1, -0.05) is 19.8 Å². The van der Waals surface area contributed by atoms with Crippen molar-refractivity contribution >= 4 is 5.91 Å². The lowest BCUT2D eigenvalue weighted by molar-refractivity contribution is -0.123. The van der Waals surface area contributed by atoms with E-state index in [1.807, 2.05) is 0 Å². The smallest absolute Gasteiger partial charge is 0.223 e. The molecule has 0 heterocycles. The maximum atomic E-state index is 11.5. The SMILES string of the molecule is C[C@@H]1C[C@H]1C(=O)NC1CCCC1. The highest BCUT2D eigenvalue weighted by Gasteiger charge is 2.39. The lowest BCUT2D eigenvalue weighted by atomic mass is 10.2. The van der Waals surface area contributed by atoms with Crippen LogP contribution in [0, 0.1) is 11.8 Å². The van der Waals surface area contributed by atoms with Gasteiger partial charge in [0.15, 0.2) is 0 Å². The Morgan fingerprint density at radius 3 is 2.42 bits per heavy atom. The average Bonchev–Trinajstić information content (AvgIpc) is 2.58. The summed E-state index contributed by atoms with van der Waals surface area (Å²) < 4.78 is 0.